The first-order chi connectivity index (χ1) is 13.0. The summed E-state index contributed by atoms with van der Waals surface area (Å²) in [5, 5.41) is 2.56. The van der Waals surface area contributed by atoms with Crippen molar-refractivity contribution in [2.24, 2.45) is 7.05 Å². The van der Waals surface area contributed by atoms with Crippen LogP contribution < -0.4 is 11.1 Å². The molecule has 0 fully saturated rings. The third-order valence-corrected chi connectivity index (χ3v) is 6.23. The maximum absolute atomic E-state index is 12.3. The van der Waals surface area contributed by atoms with E-state index in [2.05, 4.69) is 43.5 Å². The molecule has 3 rings (SSSR count). The van der Waals surface area contributed by atoms with Gasteiger partial charge in [-0.05, 0) is 56.2 Å². The summed E-state index contributed by atoms with van der Waals surface area (Å²) in [6.45, 7) is -1.43. The predicted octanol–water partition coefficient (Wildman–Crippen LogP) is 5.14. The Kier molecular flexibility index (Phi) is 5.84. The number of amides is 1. The molecular formula is C17H12BrClF3IN4O. The van der Waals surface area contributed by atoms with Gasteiger partial charge in [-0.3, -0.25) is 4.79 Å². The van der Waals surface area contributed by atoms with Crippen LogP contribution in [0.1, 0.15) is 10.4 Å². The summed E-state index contributed by atoms with van der Waals surface area (Å²) in [6.07, 6.45) is -2.89. The number of nitrogens with zero attached hydrogens (tertiary/aromatic N) is 2. The number of halogens is 6. The molecule has 0 aliphatic rings. The first-order valence-corrected chi connectivity index (χ1v) is 9.99. The number of carbonyl (C=O) groups excluding carboxylic acids is 1. The monoisotopic (exact) mass is 586 g/mol. The van der Waals surface area contributed by atoms with Crippen LogP contribution in [-0.2, 0) is 7.05 Å². The van der Waals surface area contributed by atoms with Gasteiger partial charge in [0.15, 0.2) is 0 Å². The normalized spacial score (nSPS) is 11.8. The Morgan fingerprint density at radius 1 is 1.43 bits per heavy atom. The van der Waals surface area contributed by atoms with Crippen LogP contribution >= 0.6 is 50.1 Å². The summed E-state index contributed by atoms with van der Waals surface area (Å²) in [6, 6.07) is 4.53. The molecule has 0 aliphatic carbocycles. The molecule has 1 amide bonds. The Morgan fingerprint density at radius 2 is 2.11 bits per heavy atom. The van der Waals surface area contributed by atoms with Crippen LogP contribution in [-0.4, -0.2) is 28.2 Å². The van der Waals surface area contributed by atoms with Gasteiger partial charge in [0, 0.05) is 18.8 Å². The van der Waals surface area contributed by atoms with E-state index in [9.17, 15) is 18.0 Å². The average molecular weight is 588 g/mol. The van der Waals surface area contributed by atoms with Crippen LogP contribution in [0.3, 0.4) is 0 Å². The van der Waals surface area contributed by atoms with E-state index in [1.54, 1.807) is 12.3 Å². The summed E-state index contributed by atoms with van der Waals surface area (Å²) in [4.78, 5) is 16.2. The van der Waals surface area contributed by atoms with Crippen LogP contribution in [0.25, 0.3) is 22.0 Å². The van der Waals surface area contributed by atoms with E-state index in [4.69, 9.17) is 17.3 Å². The molecule has 2 aromatic heterocycles. The van der Waals surface area contributed by atoms with Crippen LogP contribution in [0.15, 0.2) is 28.9 Å². The van der Waals surface area contributed by atoms with Crippen molar-refractivity contribution in [1.29, 1.82) is 0 Å². The summed E-state index contributed by atoms with van der Waals surface area (Å²) in [5.74, 6) is -0.569. The lowest BCUT2D eigenvalue weighted by molar-refractivity contribution is -0.123. The molecule has 0 spiro atoms. The number of nitrogen functional groups attached to an aromatic ring is 1. The highest BCUT2D eigenvalue weighted by Gasteiger charge is 2.28. The Morgan fingerprint density at radius 3 is 2.71 bits per heavy atom. The minimum atomic E-state index is -4.50. The second-order valence-corrected chi connectivity index (χ2v) is 8.22. The third kappa shape index (κ3) is 3.94. The summed E-state index contributed by atoms with van der Waals surface area (Å²) >= 11 is 11.8. The Hall–Kier alpha value is -1.53. The van der Waals surface area contributed by atoms with Crippen molar-refractivity contribution >= 4 is 72.7 Å². The van der Waals surface area contributed by atoms with Gasteiger partial charge < -0.3 is 15.6 Å². The van der Waals surface area contributed by atoms with E-state index in [0.717, 1.165) is 19.3 Å². The first-order valence-electron chi connectivity index (χ1n) is 7.74. The average Bonchev–Trinajstić information content (AvgIpc) is 2.88. The lowest BCUT2D eigenvalue weighted by atomic mass is 10.0. The SMILES string of the molecule is Cn1c(I)c(-c2ccc(C(=O)NCC(F)(F)F)c(Cl)c2)c2c(N)ncc(Br)c21. The van der Waals surface area contributed by atoms with Crippen molar-refractivity contribution in [2.45, 2.75) is 6.18 Å². The number of carbonyl (C=O) groups is 1. The smallest absolute Gasteiger partial charge is 0.383 e. The number of aryl methyl sites for hydroxylation is 1. The van der Waals surface area contributed by atoms with E-state index < -0.39 is 18.6 Å². The second kappa shape index (κ2) is 7.71. The molecule has 28 heavy (non-hydrogen) atoms. The highest BCUT2D eigenvalue weighted by molar-refractivity contribution is 14.1. The zero-order valence-corrected chi connectivity index (χ0v) is 18.7. The number of aromatic nitrogens is 2. The molecule has 11 heteroatoms. The molecule has 0 aliphatic heterocycles. The fraction of sp³-hybridized carbons (Fsp3) is 0.176. The van der Waals surface area contributed by atoms with Crippen molar-refractivity contribution < 1.29 is 18.0 Å². The van der Waals surface area contributed by atoms with Crippen LogP contribution in [0.4, 0.5) is 19.0 Å². The molecule has 0 bridgehead atoms. The van der Waals surface area contributed by atoms with E-state index in [0.29, 0.717) is 16.8 Å². The number of fused-ring (bicyclic) bond motifs is 1. The van der Waals surface area contributed by atoms with E-state index in [-0.39, 0.29) is 10.6 Å². The number of nitrogens with two attached hydrogens (primary N) is 1. The fourth-order valence-electron chi connectivity index (χ4n) is 2.83. The molecule has 148 valence electrons. The number of hydrogen-bond acceptors (Lipinski definition) is 3. The summed E-state index contributed by atoms with van der Waals surface area (Å²) < 4.78 is 40.5. The summed E-state index contributed by atoms with van der Waals surface area (Å²) in [7, 11) is 1.87. The van der Waals surface area contributed by atoms with E-state index >= 15 is 0 Å². The number of hydrogen-bond donors (Lipinski definition) is 2. The van der Waals surface area contributed by atoms with Gasteiger partial charge in [0.25, 0.3) is 5.91 Å². The Balaban J connectivity index is 2.07. The van der Waals surface area contributed by atoms with Crippen molar-refractivity contribution in [3.8, 4) is 11.1 Å². The van der Waals surface area contributed by atoms with Gasteiger partial charge in [0.2, 0.25) is 0 Å². The zero-order chi connectivity index (χ0) is 20.8. The zero-order valence-electron chi connectivity index (χ0n) is 14.2. The lowest BCUT2D eigenvalue weighted by Gasteiger charge is -2.11. The van der Waals surface area contributed by atoms with Gasteiger partial charge in [0.05, 0.1) is 29.7 Å². The fourth-order valence-corrected chi connectivity index (χ4v) is 4.49. The van der Waals surface area contributed by atoms with Crippen molar-refractivity contribution in [2.75, 3.05) is 12.3 Å². The van der Waals surface area contributed by atoms with Crippen molar-refractivity contribution in [3.05, 3.63) is 43.2 Å². The van der Waals surface area contributed by atoms with E-state index in [1.807, 2.05) is 16.9 Å². The number of rotatable bonds is 3. The van der Waals surface area contributed by atoms with Gasteiger partial charge in [-0.1, -0.05) is 17.7 Å². The molecule has 5 nitrogen and oxygen atoms in total. The van der Waals surface area contributed by atoms with Gasteiger partial charge in [-0.25, -0.2) is 4.98 Å². The van der Waals surface area contributed by atoms with Crippen LogP contribution in [0.2, 0.25) is 5.02 Å². The molecule has 0 saturated heterocycles. The third-order valence-electron chi connectivity index (χ3n) is 4.07. The number of alkyl halides is 3. The minimum absolute atomic E-state index is 0.0338. The van der Waals surface area contributed by atoms with Crippen molar-refractivity contribution in [1.82, 2.24) is 14.9 Å². The maximum Gasteiger partial charge on any atom is 0.405 e. The molecule has 0 unspecified atom stereocenters. The first kappa shape index (κ1) is 21.2. The lowest BCUT2D eigenvalue weighted by Crippen LogP contribution is -2.33. The number of nitrogens with one attached hydrogen (secondary N) is 1. The van der Waals surface area contributed by atoms with Gasteiger partial charge in [-0.2, -0.15) is 13.2 Å². The summed E-state index contributed by atoms with van der Waals surface area (Å²) in [5.41, 5.74) is 8.33. The number of benzene rings is 1. The molecule has 0 radical (unpaired) electrons. The highest BCUT2D eigenvalue weighted by Crippen LogP contribution is 2.41. The molecule has 0 atom stereocenters. The Labute approximate surface area is 184 Å². The molecule has 1 aromatic carbocycles. The van der Waals surface area contributed by atoms with Crippen molar-refractivity contribution in [3.63, 3.8) is 0 Å². The quantitative estimate of drug-likeness (QED) is 0.418. The predicted molar refractivity (Wildman–Crippen MR) is 114 cm³/mol. The van der Waals surface area contributed by atoms with E-state index in [1.165, 1.54) is 12.1 Å². The maximum atomic E-state index is 12.3. The van der Waals surface area contributed by atoms with Crippen LogP contribution in [0.5, 0.6) is 0 Å². The minimum Gasteiger partial charge on any atom is -0.383 e. The molecule has 3 N–H and O–H groups in total. The van der Waals surface area contributed by atoms with Gasteiger partial charge >= 0.3 is 6.18 Å². The number of anilines is 1. The number of pyridine rings is 1. The highest BCUT2D eigenvalue weighted by atomic mass is 127. The Bertz CT molecular complexity index is 1100. The molecular weight excluding hydrogens is 575 g/mol. The standard InChI is InChI=1S/C17H12BrClF3IN4O/c1-27-13-9(18)5-25-15(24)12(13)11(14(27)23)7-2-3-8(10(19)4-7)16(28)26-6-17(20,21)22/h2-5H,6H2,1H3,(H2,24,25)(H,26,28). The molecule has 0 saturated carbocycles. The van der Waals surface area contributed by atoms with Crippen LogP contribution in [0, 0.1) is 3.70 Å². The van der Waals surface area contributed by atoms with Gasteiger partial charge in [-0.15, -0.1) is 0 Å². The largest absolute Gasteiger partial charge is 0.405 e. The topological polar surface area (TPSA) is 72.9 Å². The molecule has 3 aromatic rings. The molecule has 2 heterocycles. The van der Waals surface area contributed by atoms with Gasteiger partial charge in [0.1, 0.15) is 12.4 Å². The second-order valence-electron chi connectivity index (χ2n) is 5.93.